The first-order valence-corrected chi connectivity index (χ1v) is 38.6. The second kappa shape index (κ2) is 39.9. The zero-order valence-electron chi connectivity index (χ0n) is 60.9. The Balaban J connectivity index is 1.01. The van der Waals surface area contributed by atoms with Crippen LogP contribution in [0.1, 0.15) is 141 Å². The molecule has 0 spiro atoms. The molecule has 578 valence electrons. The van der Waals surface area contributed by atoms with Gasteiger partial charge in [0.15, 0.2) is 11.7 Å². The highest BCUT2D eigenvalue weighted by Crippen LogP contribution is 2.48. The third-order valence-corrected chi connectivity index (χ3v) is 20.4. The van der Waals surface area contributed by atoms with Crippen LogP contribution in [0.2, 0.25) is 0 Å². The fourth-order valence-electron chi connectivity index (χ4n) is 13.0. The van der Waals surface area contributed by atoms with Crippen molar-refractivity contribution in [1.29, 1.82) is 0 Å². The Morgan fingerprint density at radius 2 is 1.39 bits per heavy atom. The Morgan fingerprint density at radius 3 is 2.09 bits per heavy atom. The molecule has 8 amide bonds. The van der Waals surface area contributed by atoms with Crippen LogP contribution >= 0.6 is 0 Å². The number of carbonyl (C=O) groups is 9. The van der Waals surface area contributed by atoms with E-state index in [1.807, 2.05) is 77.2 Å². The minimum Gasteiger partial charge on any atom is -0.744 e. The quantitative estimate of drug-likeness (QED) is 0.00579. The number of unbranched alkanes of at least 4 members (excludes halogenated alkanes) is 4. The van der Waals surface area contributed by atoms with Gasteiger partial charge < -0.3 is 72.6 Å². The number of anilines is 1. The molecule has 3 aliphatic heterocycles. The summed E-state index contributed by atoms with van der Waals surface area (Å²) < 4.78 is 82.8. The van der Waals surface area contributed by atoms with Gasteiger partial charge in [-0.25, -0.2) is 8.42 Å². The van der Waals surface area contributed by atoms with E-state index in [9.17, 15) is 69.1 Å². The maximum Gasteiger partial charge on any atom is 0.294 e. The fraction of sp³-hybridized carbons (Fsp3) is 0.453. The number of guanidine groups is 1. The number of carbonyl (C=O) groups excluding carboxylic acids is 9. The number of rotatable bonds is 37. The van der Waals surface area contributed by atoms with Crippen LogP contribution in [-0.2, 0) is 91.8 Å². The van der Waals surface area contributed by atoms with Gasteiger partial charge in [0.05, 0.1) is 28.0 Å². The van der Waals surface area contributed by atoms with Gasteiger partial charge in [-0.3, -0.25) is 52.7 Å². The van der Waals surface area contributed by atoms with Crippen molar-refractivity contribution in [2.45, 2.75) is 182 Å². The number of likely N-dealkylation sites (N-methyl/N-ethyl adjacent to an activating group) is 1. The molecule has 3 aliphatic rings. The van der Waals surface area contributed by atoms with E-state index in [0.29, 0.717) is 75.0 Å². The van der Waals surface area contributed by atoms with E-state index in [1.54, 1.807) is 54.6 Å². The first kappa shape index (κ1) is 84.0. The second-order valence-corrected chi connectivity index (χ2v) is 30.0. The number of ether oxygens (including phenoxy) is 1. The van der Waals surface area contributed by atoms with Crippen molar-refractivity contribution in [3.8, 4) is 0 Å². The monoisotopic (exact) mass is 1520 g/mol. The number of nitrogens with two attached hydrogens (primary N) is 2. The molecule has 0 aliphatic carbocycles. The summed E-state index contributed by atoms with van der Waals surface area (Å²) in [5.74, 6) is -4.72. The summed E-state index contributed by atoms with van der Waals surface area (Å²) in [6.07, 6.45) is 18.6. The lowest BCUT2D eigenvalue weighted by molar-refractivity contribution is -0.438. The number of hydrogen-bond acceptors (Lipinski definition) is 18. The van der Waals surface area contributed by atoms with Crippen LogP contribution in [0.3, 0.4) is 0 Å². The van der Waals surface area contributed by atoms with E-state index in [1.165, 1.54) is 30.5 Å². The lowest BCUT2D eigenvalue weighted by Crippen LogP contribution is -2.58. The van der Waals surface area contributed by atoms with Crippen molar-refractivity contribution in [3.05, 3.63) is 156 Å². The van der Waals surface area contributed by atoms with Crippen LogP contribution in [0.15, 0.2) is 153 Å². The zero-order chi connectivity index (χ0) is 77.9. The van der Waals surface area contributed by atoms with Crippen molar-refractivity contribution >= 4 is 97.0 Å². The van der Waals surface area contributed by atoms with Gasteiger partial charge in [0.25, 0.3) is 16.6 Å². The van der Waals surface area contributed by atoms with Crippen LogP contribution in [0.25, 0.3) is 0 Å². The summed E-state index contributed by atoms with van der Waals surface area (Å²) in [6.45, 7) is 10.1. The van der Waals surface area contributed by atoms with Crippen LogP contribution in [0.4, 0.5) is 11.4 Å². The fourth-order valence-corrected chi connectivity index (χ4v) is 14.0. The van der Waals surface area contributed by atoms with E-state index in [-0.39, 0.29) is 105 Å². The molecular formula is C75H99N13O17S2. The van der Waals surface area contributed by atoms with Crippen LogP contribution in [-0.4, -0.2) is 172 Å². The smallest absolute Gasteiger partial charge is 0.294 e. The summed E-state index contributed by atoms with van der Waals surface area (Å²) in [7, 11) is -9.21. The number of benzene rings is 3. The van der Waals surface area contributed by atoms with Crippen molar-refractivity contribution in [3.63, 3.8) is 0 Å². The highest BCUT2D eigenvalue weighted by Gasteiger charge is 2.45. The molecular weight excluding hydrogens is 1420 g/mol. The third kappa shape index (κ3) is 24.9. The van der Waals surface area contributed by atoms with Crippen molar-refractivity contribution in [2.75, 3.05) is 50.8 Å². The van der Waals surface area contributed by atoms with E-state index in [0.717, 1.165) is 28.3 Å². The first-order chi connectivity index (χ1) is 50.9. The molecule has 4 aromatic rings. The Bertz CT molecular complexity index is 4250. The Kier molecular flexibility index (Phi) is 31.3. The topological polar surface area (TPSA) is 454 Å². The number of nitrogens with zero attached hydrogens (tertiary/aromatic N) is 3. The summed E-state index contributed by atoms with van der Waals surface area (Å²) in [4.78, 5) is 127. The number of allylic oxidation sites excluding steroid dienone is 8. The van der Waals surface area contributed by atoms with Crippen molar-refractivity contribution in [1.82, 2.24) is 42.5 Å². The van der Waals surface area contributed by atoms with E-state index >= 15 is 0 Å². The molecule has 1 saturated heterocycles. The Hall–Kier alpha value is -10.3. The number of fused-ring (bicyclic) bond motifs is 2. The third-order valence-electron chi connectivity index (χ3n) is 18.7. The molecule has 3 aromatic carbocycles. The minimum atomic E-state index is -4.66. The highest BCUT2D eigenvalue weighted by molar-refractivity contribution is 7.86. The van der Waals surface area contributed by atoms with Crippen molar-refractivity contribution in [2.24, 2.45) is 16.5 Å². The van der Waals surface area contributed by atoms with Gasteiger partial charge in [-0.2, -0.15) is 13.0 Å². The van der Waals surface area contributed by atoms with Gasteiger partial charge in [-0.15, -0.1) is 0 Å². The molecule has 0 unspecified atom stereocenters. The number of furan rings is 1. The average molecular weight is 1520 g/mol. The molecule has 0 saturated carbocycles. The lowest BCUT2D eigenvalue weighted by atomic mass is 9.81. The predicted molar refractivity (Wildman–Crippen MR) is 399 cm³/mol. The standard InChI is InChI=1S/C75H99N13O17S2/c1-6-87-61-36-34-52(106(98,99)100)45-54(61)74(2,3)63(87)30-14-8-7-9-15-31-64-75(4,5)55-46-53(107(101,102)103)35-37-62(55)88(64)42-21-11-16-32-66(91)82-56(27-17-19-39-78-65(90)38-33-51-26-23-43-105-51)68(93)79-40-20-18-28-58-70(95)84-57(29-22-41-80-73(76)77)69(94)81-47-67(92)83-60(48-104-49-89)72(97)86-59(71(96)85-58)44-50-24-12-10-13-25-50/h7-10,12-15,23-26,30-31,34-37,43,45-46,49,56-60H,6,11,16-22,27-29,32-33,38-42,44,47-48H2,1-5H3,(H13-,76,77,78,79,80,81,82,83,84,85,86,90,91,92,93,94,95,96,97,98,99,100,101,102,103)/t56-,57-,58-,59-,60-/m0/s1. The minimum absolute atomic E-state index is 0.0158. The molecule has 0 bridgehead atoms. The zero-order valence-corrected chi connectivity index (χ0v) is 62.6. The highest BCUT2D eigenvalue weighted by atomic mass is 32.2. The van der Waals surface area contributed by atoms with E-state index in [4.69, 9.17) is 20.6 Å². The molecule has 5 atom stereocenters. The SMILES string of the molecule is CCN1\C(=C/C=C/C=C/C=C/C2=[N+](CCCCCC(=O)N[C@@H](CCCCNC(=O)CCc3ccco3)C(=O)NCCCC[C@@H]3NC(=O)[C@H](Cc4ccccc4)NC(=O)[C@H](COC=O)NC(=O)CNC(=O)[C@H](CCCN=C(N)N)NC3=O)c3ccc(S(=O)(=O)O)cc3C2(C)C)C(C)(C)c2cc(S(=O)(=O)[O-])ccc21. The number of nitrogens with one attached hydrogen (secondary N) is 8. The van der Waals surface area contributed by atoms with Gasteiger partial charge in [-0.1, -0.05) is 74.6 Å². The largest absolute Gasteiger partial charge is 0.744 e. The van der Waals surface area contributed by atoms with Crippen LogP contribution < -0.4 is 58.9 Å². The molecule has 13 N–H and O–H groups in total. The van der Waals surface area contributed by atoms with Gasteiger partial charge in [-0.05, 0) is 145 Å². The van der Waals surface area contributed by atoms with Gasteiger partial charge in [0, 0.05) is 92.8 Å². The summed E-state index contributed by atoms with van der Waals surface area (Å²) in [5.41, 5.74) is 15.0. The Labute approximate surface area is 624 Å². The van der Waals surface area contributed by atoms with Crippen LogP contribution in [0.5, 0.6) is 0 Å². The summed E-state index contributed by atoms with van der Waals surface area (Å²) in [6, 6.07) is 14.6. The summed E-state index contributed by atoms with van der Waals surface area (Å²) >= 11 is 0. The lowest BCUT2D eigenvalue weighted by Gasteiger charge is -2.26. The molecule has 0 radical (unpaired) electrons. The maximum atomic E-state index is 14.4. The van der Waals surface area contributed by atoms with Crippen LogP contribution in [0, 0.1) is 0 Å². The number of aliphatic imine (C=N–C) groups is 1. The molecule has 4 heterocycles. The van der Waals surface area contributed by atoms with Gasteiger partial charge >= 0.3 is 0 Å². The van der Waals surface area contributed by atoms with E-state index < -0.39 is 110 Å². The predicted octanol–water partition coefficient (Wildman–Crippen LogP) is 3.97. The van der Waals surface area contributed by atoms with Crippen molar-refractivity contribution < 1.29 is 82.8 Å². The summed E-state index contributed by atoms with van der Waals surface area (Å²) in [5, 5.41) is 21.6. The number of amides is 8. The Morgan fingerprint density at radius 1 is 0.729 bits per heavy atom. The molecule has 7 rings (SSSR count). The first-order valence-electron chi connectivity index (χ1n) is 35.8. The molecule has 1 fully saturated rings. The number of aryl methyl sites for hydroxylation is 1. The molecule has 30 nitrogen and oxygen atoms in total. The number of hydrogen-bond donors (Lipinski definition) is 11. The molecule has 1 aromatic heterocycles. The van der Waals surface area contributed by atoms with Gasteiger partial charge in [0.2, 0.25) is 52.9 Å². The molecule has 107 heavy (non-hydrogen) atoms. The normalized spacial score (nSPS) is 19.0. The van der Waals surface area contributed by atoms with E-state index in [2.05, 4.69) is 57.0 Å². The second-order valence-electron chi connectivity index (χ2n) is 27.2. The maximum absolute atomic E-state index is 14.4. The van der Waals surface area contributed by atoms with Gasteiger partial charge in [0.1, 0.15) is 59.2 Å². The molecule has 32 heteroatoms. The average Bonchev–Trinajstić information content (AvgIpc) is 1.60.